The summed E-state index contributed by atoms with van der Waals surface area (Å²) in [5, 5.41) is 2.74. The topological polar surface area (TPSA) is 81.4 Å². The van der Waals surface area contributed by atoms with Gasteiger partial charge in [-0.15, -0.1) is 0 Å². The Morgan fingerprint density at radius 2 is 2.11 bits per heavy atom. The zero-order chi connectivity index (χ0) is 14.3. The number of carbonyl (C=O) groups is 2. The van der Waals surface area contributed by atoms with Crippen LogP contribution in [-0.2, 0) is 4.79 Å². The molecule has 0 unspecified atom stereocenters. The fraction of sp³-hybridized carbons (Fsp3) is 0.429. The number of hydrogen-bond donors (Lipinski definition) is 2. The zero-order valence-electron chi connectivity index (χ0n) is 11.4. The van der Waals surface area contributed by atoms with Gasteiger partial charge in [0.2, 0.25) is 0 Å². The van der Waals surface area contributed by atoms with Gasteiger partial charge in [0.1, 0.15) is 5.75 Å². The van der Waals surface area contributed by atoms with E-state index in [1.165, 1.54) is 6.92 Å². The van der Waals surface area contributed by atoms with Crippen LogP contribution in [0, 0.1) is 0 Å². The molecule has 104 valence electrons. The molecule has 0 spiro atoms. The van der Waals surface area contributed by atoms with Crippen LogP contribution in [0.15, 0.2) is 18.2 Å². The largest absolute Gasteiger partial charge is 0.483 e. The molecule has 1 amide bonds. The number of nitrogens with one attached hydrogen (secondary N) is 1. The van der Waals surface area contributed by atoms with E-state index < -0.39 is 0 Å². The third-order valence-corrected chi connectivity index (χ3v) is 2.59. The molecule has 3 N–H and O–H groups in total. The highest BCUT2D eigenvalue weighted by Gasteiger charge is 2.10. The van der Waals surface area contributed by atoms with Gasteiger partial charge in [0, 0.05) is 12.2 Å². The van der Waals surface area contributed by atoms with E-state index in [0.29, 0.717) is 23.5 Å². The van der Waals surface area contributed by atoms with Crippen molar-refractivity contribution in [1.29, 1.82) is 0 Å². The lowest BCUT2D eigenvalue weighted by Crippen LogP contribution is -2.29. The predicted octanol–water partition coefficient (Wildman–Crippen LogP) is 1.77. The van der Waals surface area contributed by atoms with Crippen molar-refractivity contribution in [2.75, 3.05) is 18.9 Å². The summed E-state index contributed by atoms with van der Waals surface area (Å²) in [6.45, 7) is 4.02. The van der Waals surface area contributed by atoms with E-state index in [-0.39, 0.29) is 18.3 Å². The zero-order valence-corrected chi connectivity index (χ0v) is 11.4. The molecule has 0 saturated heterocycles. The summed E-state index contributed by atoms with van der Waals surface area (Å²) in [4.78, 5) is 22.9. The standard InChI is InChI=1S/C14H20N2O3/c1-3-4-7-16-14(18)9-19-13-6-5-11(15)8-12(13)10(2)17/h5-6,8H,3-4,7,9,15H2,1-2H3,(H,16,18). The predicted molar refractivity (Wildman–Crippen MR) is 74.3 cm³/mol. The minimum absolute atomic E-state index is 0.103. The van der Waals surface area contributed by atoms with Gasteiger partial charge >= 0.3 is 0 Å². The van der Waals surface area contributed by atoms with Gasteiger partial charge in [-0.3, -0.25) is 9.59 Å². The molecule has 0 atom stereocenters. The van der Waals surface area contributed by atoms with Crippen LogP contribution >= 0.6 is 0 Å². The van der Waals surface area contributed by atoms with E-state index in [1.807, 2.05) is 0 Å². The first-order chi connectivity index (χ1) is 9.04. The van der Waals surface area contributed by atoms with Crippen molar-refractivity contribution in [3.8, 4) is 5.75 Å². The van der Waals surface area contributed by atoms with Crippen LogP contribution < -0.4 is 15.8 Å². The van der Waals surface area contributed by atoms with Gasteiger partial charge in [0.15, 0.2) is 12.4 Å². The van der Waals surface area contributed by atoms with Gasteiger partial charge in [-0.1, -0.05) is 13.3 Å². The Morgan fingerprint density at radius 1 is 1.37 bits per heavy atom. The van der Waals surface area contributed by atoms with Crippen molar-refractivity contribution < 1.29 is 14.3 Å². The Labute approximate surface area is 113 Å². The second kappa shape index (κ2) is 7.41. The third kappa shape index (κ3) is 4.99. The quantitative estimate of drug-likeness (QED) is 0.447. The average molecular weight is 264 g/mol. The Bertz CT molecular complexity index is 458. The second-order valence-electron chi connectivity index (χ2n) is 4.30. The molecule has 0 aliphatic carbocycles. The fourth-order valence-electron chi connectivity index (χ4n) is 1.55. The van der Waals surface area contributed by atoms with Crippen molar-refractivity contribution in [2.24, 2.45) is 0 Å². The first kappa shape index (κ1) is 15.0. The van der Waals surface area contributed by atoms with Gasteiger partial charge in [0.05, 0.1) is 5.56 Å². The van der Waals surface area contributed by atoms with Crippen LogP contribution in [0.1, 0.15) is 37.0 Å². The second-order valence-corrected chi connectivity index (χ2v) is 4.30. The first-order valence-corrected chi connectivity index (χ1v) is 6.34. The molecule has 0 bridgehead atoms. The minimum Gasteiger partial charge on any atom is -0.483 e. The highest BCUT2D eigenvalue weighted by atomic mass is 16.5. The fourth-order valence-corrected chi connectivity index (χ4v) is 1.55. The Kier molecular flexibility index (Phi) is 5.85. The average Bonchev–Trinajstić information content (AvgIpc) is 2.37. The molecule has 5 heteroatoms. The minimum atomic E-state index is -0.195. The van der Waals surface area contributed by atoms with Crippen LogP contribution in [0.3, 0.4) is 0 Å². The highest BCUT2D eigenvalue weighted by Crippen LogP contribution is 2.21. The van der Waals surface area contributed by atoms with Gasteiger partial charge in [-0.25, -0.2) is 0 Å². The Morgan fingerprint density at radius 3 is 2.74 bits per heavy atom. The molecule has 1 aromatic carbocycles. The number of amides is 1. The molecule has 19 heavy (non-hydrogen) atoms. The molecule has 0 aromatic heterocycles. The molecule has 1 aromatic rings. The summed E-state index contributed by atoms with van der Waals surface area (Å²) in [6.07, 6.45) is 1.96. The molecule has 0 fully saturated rings. The summed E-state index contributed by atoms with van der Waals surface area (Å²) < 4.78 is 5.36. The van der Waals surface area contributed by atoms with Crippen LogP contribution in [0.4, 0.5) is 5.69 Å². The smallest absolute Gasteiger partial charge is 0.257 e. The van der Waals surface area contributed by atoms with E-state index in [4.69, 9.17) is 10.5 Å². The van der Waals surface area contributed by atoms with E-state index in [2.05, 4.69) is 12.2 Å². The maximum absolute atomic E-state index is 11.5. The number of benzene rings is 1. The molecular formula is C14H20N2O3. The highest BCUT2D eigenvalue weighted by molar-refractivity contribution is 5.97. The number of carbonyl (C=O) groups excluding carboxylic acids is 2. The van der Waals surface area contributed by atoms with Gasteiger partial charge in [0.25, 0.3) is 5.91 Å². The number of ether oxygens (including phenoxy) is 1. The number of Topliss-reactive ketones (excluding diaryl/α,β-unsaturated/α-hetero) is 1. The van der Waals surface area contributed by atoms with Gasteiger partial charge in [-0.05, 0) is 31.5 Å². The van der Waals surface area contributed by atoms with Crippen molar-refractivity contribution in [1.82, 2.24) is 5.32 Å². The summed E-state index contributed by atoms with van der Waals surface area (Å²) >= 11 is 0. The van der Waals surface area contributed by atoms with Gasteiger partial charge in [-0.2, -0.15) is 0 Å². The maximum Gasteiger partial charge on any atom is 0.257 e. The maximum atomic E-state index is 11.5. The van der Waals surface area contributed by atoms with Crippen molar-refractivity contribution in [3.63, 3.8) is 0 Å². The van der Waals surface area contributed by atoms with Crippen molar-refractivity contribution in [2.45, 2.75) is 26.7 Å². The lowest BCUT2D eigenvalue weighted by atomic mass is 10.1. The van der Waals surface area contributed by atoms with Crippen LogP contribution in [0.5, 0.6) is 5.75 Å². The summed E-state index contributed by atoms with van der Waals surface area (Å²) in [6, 6.07) is 4.79. The number of nitrogens with two attached hydrogens (primary N) is 1. The lowest BCUT2D eigenvalue weighted by Gasteiger charge is -2.10. The molecule has 0 aliphatic heterocycles. The van der Waals surface area contributed by atoms with E-state index in [1.54, 1.807) is 18.2 Å². The Hall–Kier alpha value is -2.04. The van der Waals surface area contributed by atoms with E-state index >= 15 is 0 Å². The molecule has 0 heterocycles. The molecule has 5 nitrogen and oxygen atoms in total. The number of ketones is 1. The Balaban J connectivity index is 2.57. The molecule has 0 aliphatic rings. The van der Waals surface area contributed by atoms with Crippen LogP contribution in [0.2, 0.25) is 0 Å². The number of nitrogen functional groups attached to an aromatic ring is 1. The van der Waals surface area contributed by atoms with E-state index in [0.717, 1.165) is 12.8 Å². The third-order valence-electron chi connectivity index (χ3n) is 2.59. The summed E-state index contributed by atoms with van der Waals surface area (Å²) in [5.41, 5.74) is 6.50. The lowest BCUT2D eigenvalue weighted by molar-refractivity contribution is -0.123. The monoisotopic (exact) mass is 264 g/mol. The van der Waals surface area contributed by atoms with Crippen molar-refractivity contribution in [3.05, 3.63) is 23.8 Å². The molecule has 0 radical (unpaired) electrons. The number of hydrogen-bond acceptors (Lipinski definition) is 4. The van der Waals surface area contributed by atoms with Crippen LogP contribution in [0.25, 0.3) is 0 Å². The van der Waals surface area contributed by atoms with E-state index in [9.17, 15) is 9.59 Å². The SMILES string of the molecule is CCCCNC(=O)COc1ccc(N)cc1C(C)=O. The normalized spacial score (nSPS) is 10.0. The number of rotatable bonds is 7. The molecule has 1 rings (SSSR count). The van der Waals surface area contributed by atoms with Crippen molar-refractivity contribution >= 4 is 17.4 Å². The summed E-state index contributed by atoms with van der Waals surface area (Å²) in [7, 11) is 0. The number of unbranched alkanes of at least 4 members (excludes halogenated alkanes) is 1. The first-order valence-electron chi connectivity index (χ1n) is 6.34. The number of anilines is 1. The van der Waals surface area contributed by atoms with Crippen LogP contribution in [-0.4, -0.2) is 24.8 Å². The molecule has 0 saturated carbocycles. The summed E-state index contributed by atoms with van der Waals surface area (Å²) in [5.74, 6) is 0.0424. The van der Waals surface area contributed by atoms with Gasteiger partial charge < -0.3 is 15.8 Å². The molecular weight excluding hydrogens is 244 g/mol.